The Morgan fingerprint density at radius 1 is 1.08 bits per heavy atom. The molecule has 2 heterocycles. The van der Waals surface area contributed by atoms with Gasteiger partial charge in [-0.05, 0) is 37.7 Å². The topological polar surface area (TPSA) is 55.3 Å². The Bertz CT molecular complexity index is 1020. The molecule has 0 saturated heterocycles. The van der Waals surface area contributed by atoms with Crippen molar-refractivity contribution >= 4 is 10.8 Å². The van der Waals surface area contributed by atoms with Crippen LogP contribution >= 0.6 is 0 Å². The Labute approximate surface area is 152 Å². The van der Waals surface area contributed by atoms with E-state index in [1.165, 1.54) is 5.39 Å². The second-order valence-corrected chi connectivity index (χ2v) is 6.56. The summed E-state index contributed by atoms with van der Waals surface area (Å²) in [4.78, 5) is 6.96. The van der Waals surface area contributed by atoms with Gasteiger partial charge in [0.2, 0.25) is 5.89 Å². The number of hydrogen-bond donors (Lipinski definition) is 0. The lowest BCUT2D eigenvalue weighted by Gasteiger charge is -2.21. The summed E-state index contributed by atoms with van der Waals surface area (Å²) in [6.07, 6.45) is 1.60. The highest BCUT2D eigenvalue weighted by molar-refractivity contribution is 5.94. The molecule has 4 aromatic rings. The minimum Gasteiger partial charge on any atom is -0.441 e. The number of aryl methyl sites for hydroxylation is 1. The predicted octanol–water partition coefficient (Wildman–Crippen LogP) is 4.98. The molecule has 5 heteroatoms. The Morgan fingerprint density at radius 2 is 1.88 bits per heavy atom. The van der Waals surface area contributed by atoms with Gasteiger partial charge in [-0.15, -0.1) is 0 Å². The summed E-state index contributed by atoms with van der Waals surface area (Å²) in [5.74, 6) is 1.50. The minimum absolute atomic E-state index is 0.130. The van der Waals surface area contributed by atoms with Crippen molar-refractivity contribution in [2.24, 2.45) is 0 Å². The summed E-state index contributed by atoms with van der Waals surface area (Å²) in [5.41, 5.74) is 2.86. The van der Waals surface area contributed by atoms with E-state index in [0.29, 0.717) is 12.4 Å². The second kappa shape index (κ2) is 6.77. The van der Waals surface area contributed by atoms with Gasteiger partial charge in [-0.2, -0.15) is 0 Å². The van der Waals surface area contributed by atoms with E-state index < -0.39 is 0 Å². The summed E-state index contributed by atoms with van der Waals surface area (Å²) in [7, 11) is 2.05. The van der Waals surface area contributed by atoms with Gasteiger partial charge in [0.1, 0.15) is 17.7 Å². The Kier molecular flexibility index (Phi) is 4.31. The van der Waals surface area contributed by atoms with Gasteiger partial charge in [0.25, 0.3) is 0 Å². The largest absolute Gasteiger partial charge is 0.441 e. The van der Waals surface area contributed by atoms with Gasteiger partial charge < -0.3 is 8.94 Å². The van der Waals surface area contributed by atoms with Gasteiger partial charge in [-0.3, -0.25) is 4.90 Å². The molecule has 0 spiro atoms. The molecule has 132 valence electrons. The molecular weight excluding hydrogens is 326 g/mol. The highest BCUT2D eigenvalue weighted by Crippen LogP contribution is 2.30. The lowest BCUT2D eigenvalue weighted by Crippen LogP contribution is -2.22. The third kappa shape index (κ3) is 3.02. The van der Waals surface area contributed by atoms with Crippen LogP contribution in [-0.2, 0) is 6.54 Å². The summed E-state index contributed by atoms with van der Waals surface area (Å²) < 4.78 is 11.0. The lowest BCUT2D eigenvalue weighted by molar-refractivity contribution is 0.237. The van der Waals surface area contributed by atoms with Crippen LogP contribution in [0, 0.1) is 6.92 Å². The third-order valence-corrected chi connectivity index (χ3v) is 4.86. The van der Waals surface area contributed by atoms with Crippen molar-refractivity contribution in [2.45, 2.75) is 26.4 Å². The second-order valence-electron chi connectivity index (χ2n) is 6.56. The van der Waals surface area contributed by atoms with Crippen molar-refractivity contribution in [3.8, 4) is 11.5 Å². The van der Waals surface area contributed by atoms with Gasteiger partial charge in [0, 0.05) is 18.2 Å². The molecule has 0 saturated carbocycles. The van der Waals surface area contributed by atoms with Crippen LogP contribution in [0.5, 0.6) is 0 Å². The van der Waals surface area contributed by atoms with Gasteiger partial charge in [-0.25, -0.2) is 4.98 Å². The van der Waals surface area contributed by atoms with Crippen molar-refractivity contribution in [1.29, 1.82) is 0 Å². The summed E-state index contributed by atoms with van der Waals surface area (Å²) >= 11 is 0. The van der Waals surface area contributed by atoms with E-state index in [9.17, 15) is 0 Å². The van der Waals surface area contributed by atoms with Crippen molar-refractivity contribution in [2.75, 3.05) is 7.05 Å². The van der Waals surface area contributed by atoms with E-state index in [4.69, 9.17) is 13.9 Å². The normalized spacial score (nSPS) is 12.8. The molecule has 5 nitrogen and oxygen atoms in total. The van der Waals surface area contributed by atoms with Crippen molar-refractivity contribution in [3.05, 3.63) is 71.9 Å². The molecule has 0 bridgehead atoms. The predicted molar refractivity (Wildman–Crippen MR) is 101 cm³/mol. The van der Waals surface area contributed by atoms with Crippen molar-refractivity contribution in [3.63, 3.8) is 0 Å². The van der Waals surface area contributed by atoms with Crippen molar-refractivity contribution in [1.82, 2.24) is 15.0 Å². The monoisotopic (exact) mass is 347 g/mol. The number of rotatable bonds is 5. The molecule has 0 aliphatic rings. The third-order valence-electron chi connectivity index (χ3n) is 4.86. The number of oxazole rings is 1. The van der Waals surface area contributed by atoms with Crippen LogP contribution in [0.15, 0.2) is 63.7 Å². The fourth-order valence-electron chi connectivity index (χ4n) is 3.14. The zero-order valence-corrected chi connectivity index (χ0v) is 15.1. The fraction of sp³-hybridized carbons (Fsp3) is 0.238. The van der Waals surface area contributed by atoms with Crippen LogP contribution in [0.1, 0.15) is 30.1 Å². The summed E-state index contributed by atoms with van der Waals surface area (Å²) in [5, 5.41) is 6.35. The number of hydrogen-bond acceptors (Lipinski definition) is 5. The van der Waals surface area contributed by atoms with Gasteiger partial charge in [0.05, 0.1) is 11.7 Å². The van der Waals surface area contributed by atoms with E-state index in [2.05, 4.69) is 41.2 Å². The fourth-order valence-corrected chi connectivity index (χ4v) is 3.14. The first-order valence-corrected chi connectivity index (χ1v) is 8.68. The first-order valence-electron chi connectivity index (χ1n) is 8.68. The number of benzene rings is 2. The number of nitrogens with zero attached hydrogens (tertiary/aromatic N) is 3. The van der Waals surface area contributed by atoms with Crippen LogP contribution in [0.2, 0.25) is 0 Å². The smallest absolute Gasteiger partial charge is 0.227 e. The van der Waals surface area contributed by atoms with E-state index in [1.54, 1.807) is 6.26 Å². The van der Waals surface area contributed by atoms with Crippen LogP contribution in [0.25, 0.3) is 22.2 Å². The molecule has 0 N–H and O–H groups in total. The number of aromatic nitrogens is 2. The SMILES string of the molecule is Cc1oc(-c2cccc3ccccc23)nc1CN(C)[C@@H](C)c1ccon1. The maximum Gasteiger partial charge on any atom is 0.227 e. The zero-order valence-electron chi connectivity index (χ0n) is 15.1. The van der Waals surface area contributed by atoms with E-state index in [0.717, 1.165) is 28.1 Å². The molecule has 2 aromatic heterocycles. The molecule has 0 aliphatic carbocycles. The Hall–Kier alpha value is -2.92. The molecule has 4 rings (SSSR count). The van der Waals surface area contributed by atoms with Crippen LogP contribution in [-0.4, -0.2) is 22.1 Å². The number of fused-ring (bicyclic) bond motifs is 1. The molecule has 0 unspecified atom stereocenters. The maximum atomic E-state index is 6.01. The first kappa shape index (κ1) is 16.5. The molecule has 0 fully saturated rings. The zero-order chi connectivity index (χ0) is 18.1. The molecular formula is C21H21N3O2. The standard InChI is InChI=1S/C21H21N3O2/c1-14(19-11-12-25-23-19)24(3)13-20-15(2)26-21(22-20)18-10-6-8-16-7-4-5-9-17(16)18/h4-12,14H,13H2,1-3H3/t14-/m0/s1. The molecule has 2 aromatic carbocycles. The molecule has 26 heavy (non-hydrogen) atoms. The van der Waals surface area contributed by atoms with Gasteiger partial charge in [0.15, 0.2) is 0 Å². The maximum absolute atomic E-state index is 6.01. The van der Waals surface area contributed by atoms with Crippen LogP contribution in [0.3, 0.4) is 0 Å². The quantitative estimate of drug-likeness (QED) is 0.509. The average Bonchev–Trinajstić information content (AvgIpc) is 3.31. The average molecular weight is 347 g/mol. The minimum atomic E-state index is 0.130. The van der Waals surface area contributed by atoms with Gasteiger partial charge >= 0.3 is 0 Å². The summed E-state index contributed by atoms with van der Waals surface area (Å²) in [6, 6.07) is 16.5. The highest BCUT2D eigenvalue weighted by atomic mass is 16.5. The van der Waals surface area contributed by atoms with Gasteiger partial charge in [-0.1, -0.05) is 41.6 Å². The van der Waals surface area contributed by atoms with E-state index in [-0.39, 0.29) is 6.04 Å². The summed E-state index contributed by atoms with van der Waals surface area (Å²) in [6.45, 7) is 4.73. The molecule has 0 amide bonds. The Balaban J connectivity index is 1.63. The lowest BCUT2D eigenvalue weighted by atomic mass is 10.0. The highest BCUT2D eigenvalue weighted by Gasteiger charge is 2.19. The molecule has 0 aliphatic heterocycles. The first-order chi connectivity index (χ1) is 12.6. The molecule has 1 atom stereocenters. The Morgan fingerprint density at radius 3 is 2.69 bits per heavy atom. The molecule has 0 radical (unpaired) electrons. The van der Waals surface area contributed by atoms with E-state index in [1.807, 2.05) is 38.2 Å². The van der Waals surface area contributed by atoms with Crippen LogP contribution in [0.4, 0.5) is 0 Å². The van der Waals surface area contributed by atoms with E-state index >= 15 is 0 Å². The van der Waals surface area contributed by atoms with Crippen LogP contribution < -0.4 is 0 Å². The van der Waals surface area contributed by atoms with Crippen molar-refractivity contribution < 1.29 is 8.94 Å².